The average molecular weight is 282 g/mol. The van der Waals surface area contributed by atoms with Gasteiger partial charge in [-0.25, -0.2) is 0 Å². The summed E-state index contributed by atoms with van der Waals surface area (Å²) in [5, 5.41) is 3.70. The van der Waals surface area contributed by atoms with E-state index in [0.717, 1.165) is 12.3 Å². The quantitative estimate of drug-likeness (QED) is 0.867. The van der Waals surface area contributed by atoms with Gasteiger partial charge in [-0.3, -0.25) is 0 Å². The van der Waals surface area contributed by atoms with E-state index in [1.54, 1.807) is 0 Å². The van der Waals surface area contributed by atoms with E-state index >= 15 is 0 Å². The lowest BCUT2D eigenvalue weighted by Crippen LogP contribution is -2.37. The Morgan fingerprint density at radius 3 is 2.62 bits per heavy atom. The molecule has 0 radical (unpaired) electrons. The van der Waals surface area contributed by atoms with Gasteiger partial charge in [-0.1, -0.05) is 34.1 Å². The first kappa shape index (κ1) is 12.1. The lowest BCUT2D eigenvalue weighted by atomic mass is 10.1. The molecule has 16 heavy (non-hydrogen) atoms. The van der Waals surface area contributed by atoms with Crippen LogP contribution in [-0.2, 0) is 6.42 Å². The van der Waals surface area contributed by atoms with Crippen LogP contribution >= 0.6 is 15.9 Å². The molecule has 0 aliphatic heterocycles. The molecule has 1 nitrogen and oxygen atoms in total. The van der Waals surface area contributed by atoms with Crippen LogP contribution in [-0.4, -0.2) is 12.1 Å². The fraction of sp³-hybridized carbons (Fsp3) is 0.571. The molecular formula is C14H20BrN. The van der Waals surface area contributed by atoms with Gasteiger partial charge >= 0.3 is 0 Å². The smallest absolute Gasteiger partial charge is 0.0207 e. The lowest BCUT2D eigenvalue weighted by Gasteiger charge is -2.20. The SMILES string of the molecule is CC(Cc1ccccc1Br)NC(C)C1CC1. The van der Waals surface area contributed by atoms with Gasteiger partial charge in [-0.2, -0.15) is 0 Å². The summed E-state index contributed by atoms with van der Waals surface area (Å²) in [6.45, 7) is 4.59. The second-order valence-electron chi connectivity index (χ2n) is 4.99. The monoisotopic (exact) mass is 281 g/mol. The Balaban J connectivity index is 1.86. The second kappa shape index (κ2) is 5.33. The number of rotatable bonds is 5. The number of nitrogens with one attached hydrogen (secondary N) is 1. The molecule has 1 N–H and O–H groups in total. The van der Waals surface area contributed by atoms with Gasteiger partial charge in [-0.05, 0) is 50.7 Å². The molecule has 0 saturated heterocycles. The molecule has 88 valence electrons. The van der Waals surface area contributed by atoms with E-state index in [-0.39, 0.29) is 0 Å². The van der Waals surface area contributed by atoms with Crippen molar-refractivity contribution >= 4 is 15.9 Å². The highest BCUT2D eigenvalue weighted by molar-refractivity contribution is 9.10. The molecule has 2 heteroatoms. The van der Waals surface area contributed by atoms with Crippen LogP contribution in [0.2, 0.25) is 0 Å². The van der Waals surface area contributed by atoms with Crippen molar-refractivity contribution in [1.82, 2.24) is 5.32 Å². The Kier molecular flexibility index (Phi) is 4.04. The first-order valence-electron chi connectivity index (χ1n) is 6.16. The van der Waals surface area contributed by atoms with Crippen LogP contribution in [0.1, 0.15) is 32.3 Å². The minimum atomic E-state index is 0.550. The van der Waals surface area contributed by atoms with Gasteiger partial charge in [-0.15, -0.1) is 0 Å². The summed E-state index contributed by atoms with van der Waals surface area (Å²) in [6.07, 6.45) is 3.92. The second-order valence-corrected chi connectivity index (χ2v) is 5.84. The number of hydrogen-bond acceptors (Lipinski definition) is 1. The molecule has 1 aromatic carbocycles. The molecule has 0 spiro atoms. The van der Waals surface area contributed by atoms with E-state index in [0.29, 0.717) is 12.1 Å². The molecule has 1 aliphatic rings. The molecule has 1 fully saturated rings. The minimum absolute atomic E-state index is 0.550. The molecule has 0 amide bonds. The Bertz CT molecular complexity index is 346. The largest absolute Gasteiger partial charge is 0.311 e. The van der Waals surface area contributed by atoms with Crippen LogP contribution in [0.4, 0.5) is 0 Å². The van der Waals surface area contributed by atoms with Crippen molar-refractivity contribution in [2.75, 3.05) is 0 Å². The van der Waals surface area contributed by atoms with E-state index in [1.165, 1.54) is 22.9 Å². The molecule has 0 bridgehead atoms. The standard InChI is InChI=1S/C14H20BrN/c1-10(16-11(2)12-7-8-12)9-13-5-3-4-6-14(13)15/h3-6,10-12,16H,7-9H2,1-2H3. The van der Waals surface area contributed by atoms with E-state index in [2.05, 4.69) is 59.4 Å². The third-order valence-corrected chi connectivity index (χ3v) is 4.13. The molecule has 0 aromatic heterocycles. The van der Waals surface area contributed by atoms with Gasteiger partial charge in [0.2, 0.25) is 0 Å². The number of hydrogen-bond donors (Lipinski definition) is 1. The van der Waals surface area contributed by atoms with Crippen molar-refractivity contribution in [1.29, 1.82) is 0 Å². The molecule has 0 heterocycles. The Hall–Kier alpha value is -0.340. The predicted octanol–water partition coefficient (Wildman–Crippen LogP) is 3.77. The Labute approximate surface area is 107 Å². The molecule has 1 aromatic rings. The summed E-state index contributed by atoms with van der Waals surface area (Å²) >= 11 is 3.60. The number of halogens is 1. The van der Waals surface area contributed by atoms with Gasteiger partial charge in [0.15, 0.2) is 0 Å². The number of benzene rings is 1. The Morgan fingerprint density at radius 1 is 1.31 bits per heavy atom. The van der Waals surface area contributed by atoms with Gasteiger partial charge in [0.1, 0.15) is 0 Å². The van der Waals surface area contributed by atoms with E-state index in [9.17, 15) is 0 Å². The lowest BCUT2D eigenvalue weighted by molar-refractivity contribution is 0.430. The summed E-state index contributed by atoms with van der Waals surface area (Å²) in [7, 11) is 0. The highest BCUT2D eigenvalue weighted by Gasteiger charge is 2.28. The maximum absolute atomic E-state index is 3.70. The molecule has 1 aliphatic carbocycles. The van der Waals surface area contributed by atoms with Crippen LogP contribution in [0.3, 0.4) is 0 Å². The maximum Gasteiger partial charge on any atom is 0.0207 e. The fourth-order valence-electron chi connectivity index (χ4n) is 2.23. The van der Waals surface area contributed by atoms with Crippen molar-refractivity contribution in [2.24, 2.45) is 5.92 Å². The fourth-order valence-corrected chi connectivity index (χ4v) is 2.68. The highest BCUT2D eigenvalue weighted by atomic mass is 79.9. The van der Waals surface area contributed by atoms with Gasteiger partial charge in [0.05, 0.1) is 0 Å². The summed E-state index contributed by atoms with van der Waals surface area (Å²) in [6, 6.07) is 9.72. The van der Waals surface area contributed by atoms with Crippen molar-refractivity contribution in [2.45, 2.75) is 45.2 Å². The average Bonchev–Trinajstić information content (AvgIpc) is 3.04. The summed E-state index contributed by atoms with van der Waals surface area (Å²) in [5.74, 6) is 0.932. The first-order chi connectivity index (χ1) is 7.66. The molecular weight excluding hydrogens is 262 g/mol. The topological polar surface area (TPSA) is 12.0 Å². The highest BCUT2D eigenvalue weighted by Crippen LogP contribution is 2.32. The zero-order chi connectivity index (χ0) is 11.5. The zero-order valence-electron chi connectivity index (χ0n) is 10.0. The van der Waals surface area contributed by atoms with Gasteiger partial charge in [0, 0.05) is 16.6 Å². The van der Waals surface area contributed by atoms with E-state index in [4.69, 9.17) is 0 Å². The van der Waals surface area contributed by atoms with Crippen molar-refractivity contribution < 1.29 is 0 Å². The summed E-state index contributed by atoms with van der Waals surface area (Å²) in [4.78, 5) is 0. The predicted molar refractivity (Wildman–Crippen MR) is 72.6 cm³/mol. The van der Waals surface area contributed by atoms with Crippen LogP contribution in [0.15, 0.2) is 28.7 Å². The van der Waals surface area contributed by atoms with Crippen LogP contribution in [0.25, 0.3) is 0 Å². The minimum Gasteiger partial charge on any atom is -0.311 e. The third kappa shape index (κ3) is 3.33. The molecule has 2 atom stereocenters. The van der Waals surface area contributed by atoms with Crippen molar-refractivity contribution in [3.63, 3.8) is 0 Å². The molecule has 2 rings (SSSR count). The van der Waals surface area contributed by atoms with Crippen LogP contribution in [0, 0.1) is 5.92 Å². The van der Waals surface area contributed by atoms with E-state index < -0.39 is 0 Å². The Morgan fingerprint density at radius 2 is 2.00 bits per heavy atom. The van der Waals surface area contributed by atoms with Gasteiger partial charge < -0.3 is 5.32 Å². The van der Waals surface area contributed by atoms with Gasteiger partial charge in [0.25, 0.3) is 0 Å². The summed E-state index contributed by atoms with van der Waals surface area (Å²) in [5.41, 5.74) is 1.39. The molecule has 2 unspecified atom stereocenters. The van der Waals surface area contributed by atoms with Crippen molar-refractivity contribution in [3.8, 4) is 0 Å². The van der Waals surface area contributed by atoms with Crippen LogP contribution < -0.4 is 5.32 Å². The first-order valence-corrected chi connectivity index (χ1v) is 6.95. The normalized spacial score (nSPS) is 19.4. The summed E-state index contributed by atoms with van der Waals surface area (Å²) < 4.78 is 1.22. The maximum atomic E-state index is 3.70. The zero-order valence-corrected chi connectivity index (χ0v) is 11.6. The third-order valence-electron chi connectivity index (χ3n) is 3.36. The van der Waals surface area contributed by atoms with Crippen molar-refractivity contribution in [3.05, 3.63) is 34.3 Å². The molecule has 1 saturated carbocycles. The van der Waals surface area contributed by atoms with E-state index in [1.807, 2.05) is 0 Å². The van der Waals surface area contributed by atoms with Crippen LogP contribution in [0.5, 0.6) is 0 Å².